The summed E-state index contributed by atoms with van der Waals surface area (Å²) >= 11 is 1.68. The number of allylic oxidation sites excluding steroid dienone is 1. The molecule has 0 saturated heterocycles. The lowest BCUT2D eigenvalue weighted by Crippen LogP contribution is -1.95. The maximum atomic E-state index is 11.3. The molecule has 3 aromatic rings. The van der Waals surface area contributed by atoms with Crippen molar-refractivity contribution in [3.8, 4) is 0 Å². The van der Waals surface area contributed by atoms with Crippen molar-refractivity contribution in [1.29, 1.82) is 0 Å². The summed E-state index contributed by atoms with van der Waals surface area (Å²) in [5, 5.41) is 3.28. The van der Waals surface area contributed by atoms with Crippen molar-refractivity contribution in [3.63, 3.8) is 0 Å². The minimum absolute atomic E-state index is 0.680. The van der Waals surface area contributed by atoms with E-state index < -0.39 is 0 Å². The monoisotopic (exact) mass is 265 g/mol. The molecule has 0 amide bonds. The summed E-state index contributed by atoms with van der Waals surface area (Å²) in [6.07, 6.45) is 0.997. The van der Waals surface area contributed by atoms with E-state index in [2.05, 4.69) is 34.2 Å². The first-order valence-corrected chi connectivity index (χ1v) is 7.07. The highest BCUT2D eigenvalue weighted by atomic mass is 32.1. The third kappa shape index (κ3) is 1.45. The van der Waals surface area contributed by atoms with Crippen molar-refractivity contribution >= 4 is 34.1 Å². The molecule has 0 saturated carbocycles. The topological polar surface area (TPSA) is 22.0 Å². The minimum Gasteiger partial charge on any atom is -0.336 e. The molecular formula is C16H11NOS. The molecule has 2 nitrogen and oxygen atoms in total. The molecule has 0 aliphatic carbocycles. The van der Waals surface area contributed by atoms with Crippen LogP contribution >= 0.6 is 11.3 Å². The Morgan fingerprint density at radius 2 is 2.05 bits per heavy atom. The van der Waals surface area contributed by atoms with E-state index in [9.17, 15) is 4.79 Å². The van der Waals surface area contributed by atoms with E-state index in [0.29, 0.717) is 6.54 Å². The van der Waals surface area contributed by atoms with E-state index in [1.807, 2.05) is 18.2 Å². The molecule has 0 bridgehead atoms. The van der Waals surface area contributed by atoms with Crippen molar-refractivity contribution in [2.24, 2.45) is 0 Å². The average molecular weight is 265 g/mol. The molecule has 1 aromatic carbocycles. The van der Waals surface area contributed by atoms with Crippen LogP contribution in [-0.4, -0.2) is 10.9 Å². The summed E-state index contributed by atoms with van der Waals surface area (Å²) < 4.78 is 2.23. The molecule has 3 heteroatoms. The van der Waals surface area contributed by atoms with Crippen molar-refractivity contribution < 1.29 is 4.79 Å². The zero-order valence-electron chi connectivity index (χ0n) is 10.2. The maximum Gasteiger partial charge on any atom is 0.148 e. The molecule has 0 spiro atoms. The lowest BCUT2D eigenvalue weighted by atomic mass is 10.1. The van der Waals surface area contributed by atoms with Crippen LogP contribution in [0.15, 0.2) is 53.4 Å². The van der Waals surface area contributed by atoms with Gasteiger partial charge in [0.05, 0.1) is 12.2 Å². The Kier molecular flexibility index (Phi) is 2.23. The standard InChI is InChI=1S/C16H11NOS/c18-10-12-9-17-13-5-2-1-4-11(13)8-14(17)16(12)15-6-3-7-19-15/h1-8,10H,9H2. The van der Waals surface area contributed by atoms with Crippen molar-refractivity contribution in [2.75, 3.05) is 0 Å². The number of thiophene rings is 1. The van der Waals surface area contributed by atoms with Gasteiger partial charge in [-0.15, -0.1) is 11.3 Å². The number of aldehydes is 1. The quantitative estimate of drug-likeness (QED) is 0.647. The predicted octanol–water partition coefficient (Wildman–Crippen LogP) is 3.72. The van der Waals surface area contributed by atoms with Crippen LogP contribution in [0.1, 0.15) is 10.6 Å². The van der Waals surface area contributed by atoms with Crippen LogP contribution in [-0.2, 0) is 11.3 Å². The van der Waals surface area contributed by atoms with Gasteiger partial charge in [0.15, 0.2) is 0 Å². The molecule has 0 unspecified atom stereocenters. The van der Waals surface area contributed by atoms with E-state index >= 15 is 0 Å². The number of nitrogens with zero attached hydrogens (tertiary/aromatic N) is 1. The van der Waals surface area contributed by atoms with Crippen LogP contribution in [0.5, 0.6) is 0 Å². The summed E-state index contributed by atoms with van der Waals surface area (Å²) in [7, 11) is 0. The van der Waals surface area contributed by atoms with E-state index in [1.54, 1.807) is 11.3 Å². The summed E-state index contributed by atoms with van der Waals surface area (Å²) in [5.74, 6) is 0. The van der Waals surface area contributed by atoms with Gasteiger partial charge in [0.1, 0.15) is 6.29 Å². The number of hydrogen-bond acceptors (Lipinski definition) is 2. The Hall–Kier alpha value is -2.13. The molecule has 0 N–H and O–H groups in total. The molecule has 1 aliphatic rings. The molecule has 0 atom stereocenters. The lowest BCUT2D eigenvalue weighted by molar-refractivity contribution is -0.105. The zero-order valence-corrected chi connectivity index (χ0v) is 11.0. The van der Waals surface area contributed by atoms with Crippen LogP contribution in [0.4, 0.5) is 0 Å². The Labute approximate surface area is 114 Å². The fourth-order valence-electron chi connectivity index (χ4n) is 2.80. The SMILES string of the molecule is O=CC1=C(c2cccs2)c2cc3ccccc3n2C1. The zero-order chi connectivity index (χ0) is 12.8. The molecule has 2 aromatic heterocycles. The maximum absolute atomic E-state index is 11.3. The lowest BCUT2D eigenvalue weighted by Gasteiger charge is -2.00. The van der Waals surface area contributed by atoms with Crippen LogP contribution in [0.3, 0.4) is 0 Å². The molecule has 4 rings (SSSR count). The highest BCUT2D eigenvalue weighted by molar-refractivity contribution is 7.11. The number of fused-ring (bicyclic) bond motifs is 3. The van der Waals surface area contributed by atoms with Gasteiger partial charge in [-0.2, -0.15) is 0 Å². The predicted molar refractivity (Wildman–Crippen MR) is 78.3 cm³/mol. The van der Waals surface area contributed by atoms with Crippen LogP contribution < -0.4 is 0 Å². The van der Waals surface area contributed by atoms with Gasteiger partial charge in [0, 0.05) is 26.9 Å². The van der Waals surface area contributed by atoms with Gasteiger partial charge in [0.2, 0.25) is 0 Å². The summed E-state index contributed by atoms with van der Waals surface area (Å²) in [6.45, 7) is 0.680. The van der Waals surface area contributed by atoms with E-state index in [0.717, 1.165) is 23.1 Å². The van der Waals surface area contributed by atoms with E-state index in [1.165, 1.54) is 15.8 Å². The van der Waals surface area contributed by atoms with Crippen LogP contribution in [0.2, 0.25) is 0 Å². The second-order valence-corrected chi connectivity index (χ2v) is 5.62. The summed E-state index contributed by atoms with van der Waals surface area (Å²) in [4.78, 5) is 12.5. The molecular weight excluding hydrogens is 254 g/mol. The molecule has 19 heavy (non-hydrogen) atoms. The van der Waals surface area contributed by atoms with Crippen LogP contribution in [0.25, 0.3) is 16.5 Å². The second kappa shape index (κ2) is 3.93. The van der Waals surface area contributed by atoms with Gasteiger partial charge in [-0.05, 0) is 23.6 Å². The van der Waals surface area contributed by atoms with E-state index in [4.69, 9.17) is 0 Å². The second-order valence-electron chi connectivity index (χ2n) is 4.67. The van der Waals surface area contributed by atoms with Gasteiger partial charge in [-0.1, -0.05) is 24.3 Å². The first-order valence-electron chi connectivity index (χ1n) is 6.19. The number of aromatic nitrogens is 1. The molecule has 3 heterocycles. The summed E-state index contributed by atoms with van der Waals surface area (Å²) in [6, 6.07) is 14.6. The molecule has 0 radical (unpaired) electrons. The average Bonchev–Trinajstić information content (AvgIpc) is 3.12. The fraction of sp³-hybridized carbons (Fsp3) is 0.0625. The third-order valence-electron chi connectivity index (χ3n) is 3.63. The number of para-hydroxylation sites is 1. The molecule has 92 valence electrons. The number of hydrogen-bond donors (Lipinski definition) is 0. The first-order chi connectivity index (χ1) is 9.38. The first kappa shape index (κ1) is 10.8. The largest absolute Gasteiger partial charge is 0.336 e. The van der Waals surface area contributed by atoms with Gasteiger partial charge < -0.3 is 4.57 Å². The normalized spacial score (nSPS) is 14.1. The van der Waals surface area contributed by atoms with E-state index in [-0.39, 0.29) is 0 Å². The number of carbonyl (C=O) groups is 1. The number of benzene rings is 1. The number of rotatable bonds is 2. The van der Waals surface area contributed by atoms with Crippen molar-refractivity contribution in [1.82, 2.24) is 4.57 Å². The summed E-state index contributed by atoms with van der Waals surface area (Å²) in [5.41, 5.74) is 4.33. The van der Waals surface area contributed by atoms with Gasteiger partial charge in [0.25, 0.3) is 0 Å². The van der Waals surface area contributed by atoms with Crippen LogP contribution in [0, 0.1) is 0 Å². The van der Waals surface area contributed by atoms with Crippen molar-refractivity contribution in [3.05, 3.63) is 64.0 Å². The third-order valence-corrected chi connectivity index (χ3v) is 4.51. The van der Waals surface area contributed by atoms with Gasteiger partial charge in [-0.25, -0.2) is 0 Å². The minimum atomic E-state index is 0.680. The Morgan fingerprint density at radius 3 is 2.84 bits per heavy atom. The van der Waals surface area contributed by atoms with Gasteiger partial charge in [-0.3, -0.25) is 4.79 Å². The highest BCUT2D eigenvalue weighted by Gasteiger charge is 2.24. The Bertz CT molecular complexity index is 809. The smallest absolute Gasteiger partial charge is 0.148 e. The fourth-order valence-corrected chi connectivity index (χ4v) is 3.62. The number of carbonyl (C=O) groups excluding carboxylic acids is 1. The van der Waals surface area contributed by atoms with Gasteiger partial charge >= 0.3 is 0 Å². The Balaban J connectivity index is 2.03. The highest BCUT2D eigenvalue weighted by Crippen LogP contribution is 2.38. The Morgan fingerprint density at radius 1 is 1.16 bits per heavy atom. The molecule has 0 fully saturated rings. The molecule has 1 aliphatic heterocycles. The van der Waals surface area contributed by atoms with Crippen molar-refractivity contribution in [2.45, 2.75) is 6.54 Å².